The molecule has 1 aromatic heterocycles. The molecule has 0 bridgehead atoms. The maximum Gasteiger partial charge on any atom is 0.268 e. The van der Waals surface area contributed by atoms with E-state index in [2.05, 4.69) is 15.3 Å². The summed E-state index contributed by atoms with van der Waals surface area (Å²) in [5.41, 5.74) is 0.585. The van der Waals surface area contributed by atoms with E-state index >= 15 is 0 Å². The fraction of sp³-hybridized carbons (Fsp3) is 0.688. The summed E-state index contributed by atoms with van der Waals surface area (Å²) in [4.78, 5) is 25.7. The molecule has 7 heteroatoms. The summed E-state index contributed by atoms with van der Waals surface area (Å²) in [5, 5.41) is 7.06. The molecule has 0 aromatic carbocycles. The average molecular weight is 320 g/mol. The molecule has 1 aromatic rings. The van der Waals surface area contributed by atoms with Gasteiger partial charge in [-0.05, 0) is 19.3 Å². The van der Waals surface area contributed by atoms with E-state index in [1.807, 2.05) is 6.92 Å². The molecular weight excluding hydrogens is 296 g/mol. The SMILES string of the molecule is Cn1ncc(N2CCO[C@@H](CCNC(=O)C3(C)CC3)C2)cc1=O. The Morgan fingerprint density at radius 2 is 2.30 bits per heavy atom. The number of aryl methyl sites for hydroxylation is 1. The maximum absolute atomic E-state index is 11.9. The van der Waals surface area contributed by atoms with E-state index in [0.29, 0.717) is 19.7 Å². The summed E-state index contributed by atoms with van der Waals surface area (Å²) in [5.74, 6) is 0.154. The molecule has 23 heavy (non-hydrogen) atoms. The quantitative estimate of drug-likeness (QED) is 0.844. The Bertz CT molecular complexity index is 638. The molecule has 1 saturated heterocycles. The number of rotatable bonds is 5. The summed E-state index contributed by atoms with van der Waals surface area (Å²) in [6.07, 6.45) is 4.52. The molecule has 2 heterocycles. The van der Waals surface area contributed by atoms with E-state index in [1.165, 1.54) is 4.68 Å². The summed E-state index contributed by atoms with van der Waals surface area (Å²) in [7, 11) is 1.64. The number of carbonyl (C=O) groups excluding carboxylic acids is 1. The van der Waals surface area contributed by atoms with E-state index < -0.39 is 0 Å². The Hall–Kier alpha value is -1.89. The van der Waals surface area contributed by atoms with Crippen LogP contribution in [0.25, 0.3) is 0 Å². The van der Waals surface area contributed by atoms with Gasteiger partial charge in [0.2, 0.25) is 5.91 Å². The number of carbonyl (C=O) groups is 1. The Morgan fingerprint density at radius 1 is 1.52 bits per heavy atom. The molecule has 1 saturated carbocycles. The van der Waals surface area contributed by atoms with Crippen molar-refractivity contribution in [1.82, 2.24) is 15.1 Å². The number of anilines is 1. The van der Waals surface area contributed by atoms with Crippen LogP contribution in [0.1, 0.15) is 26.2 Å². The first-order valence-electron chi connectivity index (χ1n) is 8.16. The lowest BCUT2D eigenvalue weighted by Crippen LogP contribution is -2.44. The van der Waals surface area contributed by atoms with Crippen molar-refractivity contribution in [2.24, 2.45) is 12.5 Å². The molecule has 1 N–H and O–H groups in total. The lowest BCUT2D eigenvalue weighted by molar-refractivity contribution is -0.125. The Kier molecular flexibility index (Phi) is 4.39. The molecule has 2 fully saturated rings. The third-order valence-corrected chi connectivity index (χ3v) is 4.76. The van der Waals surface area contributed by atoms with Gasteiger partial charge in [0, 0.05) is 38.2 Å². The lowest BCUT2D eigenvalue weighted by atomic mass is 10.1. The number of morpholine rings is 1. The van der Waals surface area contributed by atoms with Crippen molar-refractivity contribution in [3.63, 3.8) is 0 Å². The van der Waals surface area contributed by atoms with Gasteiger partial charge in [-0.3, -0.25) is 9.59 Å². The molecule has 3 rings (SSSR count). The number of ether oxygens (including phenoxy) is 1. The normalized spacial score (nSPS) is 22.7. The molecular formula is C16H24N4O3. The van der Waals surface area contributed by atoms with Crippen LogP contribution in [0.5, 0.6) is 0 Å². The van der Waals surface area contributed by atoms with Gasteiger partial charge in [0.05, 0.1) is 24.6 Å². The molecule has 1 amide bonds. The molecule has 1 aliphatic heterocycles. The molecule has 126 valence electrons. The predicted molar refractivity (Wildman–Crippen MR) is 86.4 cm³/mol. The minimum atomic E-state index is -0.130. The summed E-state index contributed by atoms with van der Waals surface area (Å²) < 4.78 is 7.08. The van der Waals surface area contributed by atoms with E-state index in [4.69, 9.17) is 4.74 Å². The molecule has 0 unspecified atom stereocenters. The Morgan fingerprint density at radius 3 is 3.00 bits per heavy atom. The van der Waals surface area contributed by atoms with Gasteiger partial charge in [-0.2, -0.15) is 5.10 Å². The van der Waals surface area contributed by atoms with Crippen molar-refractivity contribution in [3.8, 4) is 0 Å². The molecule has 0 spiro atoms. The zero-order chi connectivity index (χ0) is 16.4. The van der Waals surface area contributed by atoms with Crippen LogP contribution in [0.15, 0.2) is 17.1 Å². The Labute approximate surface area is 135 Å². The highest BCUT2D eigenvalue weighted by Crippen LogP contribution is 2.44. The maximum atomic E-state index is 11.9. The van der Waals surface area contributed by atoms with Crippen molar-refractivity contribution >= 4 is 11.6 Å². The first kappa shape index (κ1) is 16.0. The van der Waals surface area contributed by atoms with Crippen LogP contribution in [-0.4, -0.2) is 48.0 Å². The minimum absolute atomic E-state index is 0.0557. The highest BCUT2D eigenvalue weighted by molar-refractivity contribution is 5.84. The topological polar surface area (TPSA) is 76.5 Å². The first-order valence-corrected chi connectivity index (χ1v) is 8.16. The second-order valence-corrected chi connectivity index (χ2v) is 6.72. The van der Waals surface area contributed by atoms with Gasteiger partial charge in [0.15, 0.2) is 0 Å². The van der Waals surface area contributed by atoms with Crippen LogP contribution in [-0.2, 0) is 16.6 Å². The highest BCUT2D eigenvalue weighted by Gasteiger charge is 2.44. The first-order chi connectivity index (χ1) is 11.0. The zero-order valence-corrected chi connectivity index (χ0v) is 13.7. The standard InChI is InChI=1S/C16H24N4O3/c1-16(4-5-16)15(22)17-6-3-13-11-20(7-8-23-13)12-9-14(21)19(2)18-10-12/h9-10,13H,3-8,11H2,1-2H3,(H,17,22)/t13-/m0/s1. The summed E-state index contributed by atoms with van der Waals surface area (Å²) in [6.45, 7) is 4.70. The number of hydrogen-bond acceptors (Lipinski definition) is 5. The lowest BCUT2D eigenvalue weighted by Gasteiger charge is -2.34. The number of aromatic nitrogens is 2. The van der Waals surface area contributed by atoms with Gasteiger partial charge in [-0.1, -0.05) is 6.92 Å². The second-order valence-electron chi connectivity index (χ2n) is 6.72. The van der Waals surface area contributed by atoms with E-state index in [-0.39, 0.29) is 23.0 Å². The number of amides is 1. The second kappa shape index (κ2) is 6.31. The van der Waals surface area contributed by atoms with Crippen molar-refractivity contribution in [2.45, 2.75) is 32.3 Å². The smallest absolute Gasteiger partial charge is 0.268 e. The predicted octanol–water partition coefficient (Wildman–Crippen LogP) is 0.292. The molecule has 2 aliphatic rings. The van der Waals surface area contributed by atoms with Crippen molar-refractivity contribution < 1.29 is 9.53 Å². The van der Waals surface area contributed by atoms with Gasteiger partial charge in [0.1, 0.15) is 0 Å². The van der Waals surface area contributed by atoms with Gasteiger partial charge < -0.3 is 15.0 Å². The summed E-state index contributed by atoms with van der Waals surface area (Å²) >= 11 is 0. The van der Waals surface area contributed by atoms with Crippen LogP contribution in [0, 0.1) is 5.41 Å². The summed E-state index contributed by atoms with van der Waals surface area (Å²) in [6, 6.07) is 1.60. The molecule has 1 aliphatic carbocycles. The van der Waals surface area contributed by atoms with E-state index in [9.17, 15) is 9.59 Å². The van der Waals surface area contributed by atoms with E-state index in [0.717, 1.165) is 31.5 Å². The minimum Gasteiger partial charge on any atom is -0.374 e. The van der Waals surface area contributed by atoms with Gasteiger partial charge in [-0.15, -0.1) is 0 Å². The number of nitrogens with zero attached hydrogens (tertiary/aromatic N) is 3. The molecule has 0 radical (unpaired) electrons. The highest BCUT2D eigenvalue weighted by atomic mass is 16.5. The van der Waals surface area contributed by atoms with Crippen LogP contribution < -0.4 is 15.8 Å². The molecule has 7 nitrogen and oxygen atoms in total. The van der Waals surface area contributed by atoms with Gasteiger partial charge in [0.25, 0.3) is 5.56 Å². The zero-order valence-electron chi connectivity index (χ0n) is 13.7. The van der Waals surface area contributed by atoms with Crippen molar-refractivity contribution in [2.75, 3.05) is 31.1 Å². The fourth-order valence-corrected chi connectivity index (χ4v) is 2.74. The Balaban J connectivity index is 1.50. The van der Waals surface area contributed by atoms with Crippen LogP contribution in [0.2, 0.25) is 0 Å². The van der Waals surface area contributed by atoms with Gasteiger partial charge >= 0.3 is 0 Å². The molecule has 1 atom stereocenters. The van der Waals surface area contributed by atoms with Crippen molar-refractivity contribution in [1.29, 1.82) is 0 Å². The monoisotopic (exact) mass is 320 g/mol. The third kappa shape index (κ3) is 3.72. The largest absolute Gasteiger partial charge is 0.374 e. The third-order valence-electron chi connectivity index (χ3n) is 4.76. The van der Waals surface area contributed by atoms with Crippen LogP contribution in [0.3, 0.4) is 0 Å². The number of hydrogen-bond donors (Lipinski definition) is 1. The fourth-order valence-electron chi connectivity index (χ4n) is 2.74. The van der Waals surface area contributed by atoms with Crippen molar-refractivity contribution in [3.05, 3.63) is 22.6 Å². The van der Waals surface area contributed by atoms with Crippen LogP contribution in [0.4, 0.5) is 5.69 Å². The average Bonchev–Trinajstić information content (AvgIpc) is 3.29. The number of nitrogens with one attached hydrogen (secondary N) is 1. The van der Waals surface area contributed by atoms with E-state index in [1.54, 1.807) is 19.3 Å². The van der Waals surface area contributed by atoms with Gasteiger partial charge in [-0.25, -0.2) is 4.68 Å². The van der Waals surface area contributed by atoms with Crippen LogP contribution >= 0.6 is 0 Å².